The minimum atomic E-state index is -0.0224. The van der Waals surface area contributed by atoms with Gasteiger partial charge in [0.25, 0.3) is 0 Å². The van der Waals surface area contributed by atoms with Crippen LogP contribution in [0.1, 0.15) is 23.7 Å². The molecule has 2 heterocycles. The molecule has 5 heteroatoms. The van der Waals surface area contributed by atoms with Gasteiger partial charge >= 0.3 is 0 Å². The van der Waals surface area contributed by atoms with Crippen LogP contribution >= 0.6 is 0 Å². The third kappa shape index (κ3) is 5.70. The molecule has 160 valence electrons. The van der Waals surface area contributed by atoms with Gasteiger partial charge in [-0.25, -0.2) is 0 Å². The largest absolute Gasteiger partial charge is 0.375 e. The Balaban J connectivity index is 1.33. The number of carbonyl (C=O) groups is 1. The fourth-order valence-electron chi connectivity index (χ4n) is 3.87. The van der Waals surface area contributed by atoms with Crippen molar-refractivity contribution in [1.82, 2.24) is 10.3 Å². The fraction of sp³-hybridized carbons (Fsp3) is 0.308. The molecule has 0 spiro atoms. The Morgan fingerprint density at radius 2 is 1.94 bits per heavy atom. The number of rotatable bonds is 6. The summed E-state index contributed by atoms with van der Waals surface area (Å²) in [6.45, 7) is 7.30. The molecule has 1 aromatic heterocycles. The van der Waals surface area contributed by atoms with Crippen molar-refractivity contribution in [3.8, 4) is 11.1 Å². The van der Waals surface area contributed by atoms with Gasteiger partial charge in [0.05, 0.1) is 19.1 Å². The minimum Gasteiger partial charge on any atom is -0.375 e. The van der Waals surface area contributed by atoms with Gasteiger partial charge in [0.2, 0.25) is 5.91 Å². The van der Waals surface area contributed by atoms with Gasteiger partial charge in [-0.1, -0.05) is 48.0 Å². The van der Waals surface area contributed by atoms with Gasteiger partial charge in [0.1, 0.15) is 0 Å². The number of hydrogen-bond acceptors (Lipinski definition) is 4. The summed E-state index contributed by atoms with van der Waals surface area (Å²) >= 11 is 0. The van der Waals surface area contributed by atoms with E-state index in [0.717, 1.165) is 42.1 Å². The minimum absolute atomic E-state index is 0.0224. The van der Waals surface area contributed by atoms with Crippen molar-refractivity contribution in [2.75, 3.05) is 24.6 Å². The molecule has 0 bridgehead atoms. The molecule has 31 heavy (non-hydrogen) atoms. The molecule has 1 saturated heterocycles. The number of hydrogen-bond donors (Lipinski definition) is 1. The highest BCUT2D eigenvalue weighted by Gasteiger charge is 2.16. The lowest BCUT2D eigenvalue weighted by Crippen LogP contribution is -2.41. The van der Waals surface area contributed by atoms with Crippen molar-refractivity contribution in [3.05, 3.63) is 83.7 Å². The molecule has 1 fully saturated rings. The maximum Gasteiger partial charge on any atom is 0.226 e. The predicted molar refractivity (Wildman–Crippen MR) is 124 cm³/mol. The van der Waals surface area contributed by atoms with Crippen LogP contribution in [-0.4, -0.2) is 36.7 Å². The van der Waals surface area contributed by atoms with Crippen LogP contribution < -0.4 is 10.2 Å². The average molecular weight is 416 g/mol. The number of aromatic nitrogens is 1. The van der Waals surface area contributed by atoms with Crippen molar-refractivity contribution < 1.29 is 9.53 Å². The molecule has 0 radical (unpaired) electrons. The SMILES string of the molecule is Cc1cccc(CNC(=O)Cc2ccc(-c3ccc(N4CCO[C@@H](C)C4)cc3)cn2)c1. The van der Waals surface area contributed by atoms with E-state index in [2.05, 4.69) is 52.5 Å². The van der Waals surface area contributed by atoms with E-state index in [9.17, 15) is 4.79 Å². The number of carbonyl (C=O) groups excluding carboxylic acids is 1. The van der Waals surface area contributed by atoms with Crippen LogP contribution in [0.25, 0.3) is 11.1 Å². The first-order valence-corrected chi connectivity index (χ1v) is 10.8. The number of aryl methyl sites for hydroxylation is 1. The van der Waals surface area contributed by atoms with Crippen molar-refractivity contribution >= 4 is 11.6 Å². The number of anilines is 1. The summed E-state index contributed by atoms with van der Waals surface area (Å²) in [6.07, 6.45) is 2.38. The van der Waals surface area contributed by atoms with E-state index in [1.807, 2.05) is 43.5 Å². The van der Waals surface area contributed by atoms with Crippen molar-refractivity contribution in [2.45, 2.75) is 32.9 Å². The molecule has 5 nitrogen and oxygen atoms in total. The summed E-state index contributed by atoms with van der Waals surface area (Å²) in [5, 5.41) is 2.97. The second-order valence-corrected chi connectivity index (χ2v) is 8.16. The Hall–Kier alpha value is -3.18. The smallest absolute Gasteiger partial charge is 0.226 e. The number of ether oxygens (including phenoxy) is 1. The van der Waals surface area contributed by atoms with Crippen LogP contribution in [0.3, 0.4) is 0 Å². The number of nitrogens with one attached hydrogen (secondary N) is 1. The van der Waals surface area contributed by atoms with Crippen LogP contribution in [0, 0.1) is 6.92 Å². The summed E-state index contributed by atoms with van der Waals surface area (Å²) in [7, 11) is 0. The van der Waals surface area contributed by atoms with Gasteiger partial charge in [-0.3, -0.25) is 9.78 Å². The summed E-state index contributed by atoms with van der Waals surface area (Å²) in [6, 6.07) is 20.7. The zero-order valence-corrected chi connectivity index (χ0v) is 18.2. The summed E-state index contributed by atoms with van der Waals surface area (Å²) in [5.41, 5.74) is 6.44. The van der Waals surface area contributed by atoms with Gasteiger partial charge < -0.3 is 15.0 Å². The Bertz CT molecular complexity index is 1020. The number of nitrogens with zero attached hydrogens (tertiary/aromatic N) is 2. The molecule has 0 saturated carbocycles. The first-order valence-electron chi connectivity index (χ1n) is 10.8. The standard InChI is InChI=1S/C26H29N3O2/c1-19-4-3-5-21(14-19)16-28-26(30)15-24-9-6-23(17-27-24)22-7-10-25(11-8-22)29-12-13-31-20(2)18-29/h3-11,14,17,20H,12-13,15-16,18H2,1-2H3,(H,28,30)/t20-/m0/s1. The molecular formula is C26H29N3O2. The fourth-order valence-corrected chi connectivity index (χ4v) is 3.87. The Kier molecular flexibility index (Phi) is 6.63. The van der Waals surface area contributed by atoms with Crippen molar-refractivity contribution in [1.29, 1.82) is 0 Å². The Labute approximate surface area is 184 Å². The number of morpholine rings is 1. The number of amides is 1. The maximum atomic E-state index is 12.3. The molecule has 3 aromatic rings. The van der Waals surface area contributed by atoms with Gasteiger partial charge in [-0.15, -0.1) is 0 Å². The Morgan fingerprint density at radius 1 is 1.13 bits per heavy atom. The molecule has 1 aliphatic heterocycles. The molecule has 0 aliphatic carbocycles. The van der Waals surface area contributed by atoms with E-state index >= 15 is 0 Å². The molecule has 2 aromatic carbocycles. The van der Waals surface area contributed by atoms with Crippen LogP contribution in [0.2, 0.25) is 0 Å². The lowest BCUT2D eigenvalue weighted by Gasteiger charge is -2.33. The quantitative estimate of drug-likeness (QED) is 0.657. The van der Waals surface area contributed by atoms with Gasteiger partial charge in [0.15, 0.2) is 0 Å². The topological polar surface area (TPSA) is 54.5 Å². The number of pyridine rings is 1. The van der Waals surface area contributed by atoms with E-state index < -0.39 is 0 Å². The summed E-state index contributed by atoms with van der Waals surface area (Å²) < 4.78 is 5.63. The normalized spacial score (nSPS) is 16.2. The molecule has 1 aliphatic rings. The molecular weight excluding hydrogens is 386 g/mol. The average Bonchev–Trinajstić information content (AvgIpc) is 2.78. The molecule has 1 N–H and O–H groups in total. The molecule has 1 amide bonds. The van der Waals surface area contributed by atoms with Crippen LogP contribution in [0.4, 0.5) is 5.69 Å². The summed E-state index contributed by atoms with van der Waals surface area (Å²) in [5.74, 6) is -0.0224. The Morgan fingerprint density at radius 3 is 2.65 bits per heavy atom. The third-order valence-corrected chi connectivity index (χ3v) is 5.55. The van der Waals surface area contributed by atoms with E-state index in [1.54, 1.807) is 0 Å². The van der Waals surface area contributed by atoms with Crippen molar-refractivity contribution in [2.24, 2.45) is 0 Å². The zero-order chi connectivity index (χ0) is 21.6. The lowest BCUT2D eigenvalue weighted by molar-refractivity contribution is -0.120. The van der Waals surface area contributed by atoms with Crippen LogP contribution in [-0.2, 0) is 22.5 Å². The monoisotopic (exact) mass is 415 g/mol. The van der Waals surface area contributed by atoms with E-state index in [1.165, 1.54) is 11.3 Å². The maximum absolute atomic E-state index is 12.3. The van der Waals surface area contributed by atoms with Crippen LogP contribution in [0.5, 0.6) is 0 Å². The third-order valence-electron chi connectivity index (χ3n) is 5.55. The highest BCUT2D eigenvalue weighted by Crippen LogP contribution is 2.24. The highest BCUT2D eigenvalue weighted by atomic mass is 16.5. The van der Waals surface area contributed by atoms with E-state index in [-0.39, 0.29) is 18.4 Å². The van der Waals surface area contributed by atoms with Gasteiger partial charge in [0, 0.05) is 42.8 Å². The zero-order valence-electron chi connectivity index (χ0n) is 18.2. The summed E-state index contributed by atoms with van der Waals surface area (Å²) in [4.78, 5) is 19.1. The predicted octanol–water partition coefficient (Wildman–Crippen LogP) is 4.14. The van der Waals surface area contributed by atoms with E-state index in [4.69, 9.17) is 4.74 Å². The van der Waals surface area contributed by atoms with Crippen molar-refractivity contribution in [3.63, 3.8) is 0 Å². The van der Waals surface area contributed by atoms with E-state index in [0.29, 0.717) is 6.54 Å². The second-order valence-electron chi connectivity index (χ2n) is 8.16. The van der Waals surface area contributed by atoms with Gasteiger partial charge in [-0.2, -0.15) is 0 Å². The molecule has 1 atom stereocenters. The first kappa shape index (κ1) is 21.1. The molecule has 4 rings (SSSR count). The lowest BCUT2D eigenvalue weighted by atomic mass is 10.1. The van der Waals surface area contributed by atoms with Gasteiger partial charge in [-0.05, 0) is 43.2 Å². The highest BCUT2D eigenvalue weighted by molar-refractivity contribution is 5.78. The molecule has 0 unspecified atom stereocenters. The first-order chi connectivity index (χ1) is 15.1. The van der Waals surface area contributed by atoms with Crippen LogP contribution in [0.15, 0.2) is 66.9 Å². The number of benzene rings is 2. The second kappa shape index (κ2) is 9.75.